The fraction of sp³-hybridized carbons (Fsp3) is 0.857. The molecule has 0 aromatic heterocycles. The van der Waals surface area contributed by atoms with Crippen LogP contribution in [0.3, 0.4) is 0 Å². The van der Waals surface area contributed by atoms with E-state index in [-0.39, 0.29) is 6.10 Å². The first-order valence-corrected chi connectivity index (χ1v) is 6.52. The van der Waals surface area contributed by atoms with E-state index < -0.39 is 0 Å². The van der Waals surface area contributed by atoms with Gasteiger partial charge >= 0.3 is 0 Å². The fourth-order valence-electron chi connectivity index (χ4n) is 2.59. The highest BCUT2D eigenvalue weighted by atomic mass is 16.3. The number of aliphatic hydroxyl groups excluding tert-OH is 1. The number of aliphatic hydroxyl groups is 1. The Bertz CT molecular complexity index is 190. The molecule has 1 atom stereocenters. The minimum absolute atomic E-state index is 0.129. The molecule has 1 rings (SSSR count). The SMILES string of the molecule is C=C(CC)CC(O)C1CCC(CC)CC1. The van der Waals surface area contributed by atoms with Gasteiger partial charge in [-0.05, 0) is 37.5 Å². The average Bonchev–Trinajstić information content (AvgIpc) is 2.29. The van der Waals surface area contributed by atoms with E-state index in [1.165, 1.54) is 37.7 Å². The number of hydrogen-bond donors (Lipinski definition) is 1. The number of rotatable bonds is 5. The van der Waals surface area contributed by atoms with Crippen molar-refractivity contribution in [2.45, 2.75) is 64.9 Å². The first-order valence-electron chi connectivity index (χ1n) is 6.52. The second kappa shape index (κ2) is 6.32. The molecule has 1 unspecified atom stereocenters. The van der Waals surface area contributed by atoms with Gasteiger partial charge in [0.2, 0.25) is 0 Å². The van der Waals surface area contributed by atoms with Gasteiger partial charge in [0.05, 0.1) is 6.10 Å². The number of hydrogen-bond acceptors (Lipinski definition) is 1. The Morgan fingerprint density at radius 1 is 1.27 bits per heavy atom. The van der Waals surface area contributed by atoms with Crippen molar-refractivity contribution in [2.24, 2.45) is 11.8 Å². The van der Waals surface area contributed by atoms with Crippen LogP contribution in [0, 0.1) is 11.8 Å². The molecule has 15 heavy (non-hydrogen) atoms. The van der Waals surface area contributed by atoms with Gasteiger partial charge in [-0.3, -0.25) is 0 Å². The molecule has 0 saturated heterocycles. The molecular formula is C14H26O. The molecular weight excluding hydrogens is 184 g/mol. The molecule has 0 heterocycles. The van der Waals surface area contributed by atoms with Crippen molar-refractivity contribution in [3.63, 3.8) is 0 Å². The maximum Gasteiger partial charge on any atom is 0.0605 e. The topological polar surface area (TPSA) is 20.2 Å². The van der Waals surface area contributed by atoms with Gasteiger partial charge in [-0.1, -0.05) is 45.3 Å². The molecule has 1 heteroatoms. The van der Waals surface area contributed by atoms with E-state index in [0.717, 1.165) is 18.8 Å². The van der Waals surface area contributed by atoms with Gasteiger partial charge in [0.1, 0.15) is 0 Å². The molecule has 1 N–H and O–H groups in total. The monoisotopic (exact) mass is 210 g/mol. The van der Waals surface area contributed by atoms with Crippen LogP contribution in [0.25, 0.3) is 0 Å². The molecule has 1 aliphatic rings. The van der Waals surface area contributed by atoms with E-state index >= 15 is 0 Å². The summed E-state index contributed by atoms with van der Waals surface area (Å²) in [5, 5.41) is 10.1. The summed E-state index contributed by atoms with van der Waals surface area (Å²) in [5.41, 5.74) is 1.19. The lowest BCUT2D eigenvalue weighted by Crippen LogP contribution is -2.25. The van der Waals surface area contributed by atoms with Gasteiger partial charge in [0, 0.05) is 0 Å². The Balaban J connectivity index is 2.29. The molecule has 1 aliphatic carbocycles. The normalized spacial score (nSPS) is 28.7. The van der Waals surface area contributed by atoms with Gasteiger partial charge in [-0.2, -0.15) is 0 Å². The summed E-state index contributed by atoms with van der Waals surface area (Å²) in [6, 6.07) is 0. The van der Waals surface area contributed by atoms with Gasteiger partial charge < -0.3 is 5.11 Å². The third kappa shape index (κ3) is 3.98. The van der Waals surface area contributed by atoms with Gasteiger partial charge in [-0.15, -0.1) is 0 Å². The maximum absolute atomic E-state index is 10.1. The third-order valence-corrected chi connectivity index (χ3v) is 4.01. The molecule has 0 radical (unpaired) electrons. The van der Waals surface area contributed by atoms with Crippen molar-refractivity contribution in [1.82, 2.24) is 0 Å². The average molecular weight is 210 g/mol. The van der Waals surface area contributed by atoms with E-state index in [2.05, 4.69) is 20.4 Å². The van der Waals surface area contributed by atoms with Crippen molar-refractivity contribution >= 4 is 0 Å². The second-order valence-electron chi connectivity index (χ2n) is 5.06. The standard InChI is InChI=1S/C14H26O/c1-4-11(3)10-14(15)13-8-6-12(5-2)7-9-13/h12-15H,3-10H2,1-2H3. The van der Waals surface area contributed by atoms with Crippen LogP contribution in [0.1, 0.15) is 58.8 Å². The Morgan fingerprint density at radius 3 is 2.33 bits per heavy atom. The fourth-order valence-corrected chi connectivity index (χ4v) is 2.59. The van der Waals surface area contributed by atoms with Crippen LogP contribution in [0.5, 0.6) is 0 Å². The lowest BCUT2D eigenvalue weighted by atomic mass is 9.77. The summed E-state index contributed by atoms with van der Waals surface area (Å²) in [6.07, 6.45) is 8.07. The van der Waals surface area contributed by atoms with Crippen molar-refractivity contribution < 1.29 is 5.11 Å². The van der Waals surface area contributed by atoms with Crippen LogP contribution in [0.15, 0.2) is 12.2 Å². The lowest BCUT2D eigenvalue weighted by Gasteiger charge is -2.31. The van der Waals surface area contributed by atoms with Gasteiger partial charge in [0.25, 0.3) is 0 Å². The third-order valence-electron chi connectivity index (χ3n) is 4.01. The summed E-state index contributed by atoms with van der Waals surface area (Å²) >= 11 is 0. The highest BCUT2D eigenvalue weighted by Crippen LogP contribution is 2.33. The summed E-state index contributed by atoms with van der Waals surface area (Å²) in [4.78, 5) is 0. The molecule has 88 valence electrons. The van der Waals surface area contributed by atoms with E-state index in [1.807, 2.05) is 0 Å². The Hall–Kier alpha value is -0.300. The molecule has 0 bridgehead atoms. The van der Waals surface area contributed by atoms with E-state index in [1.54, 1.807) is 0 Å². The zero-order chi connectivity index (χ0) is 11.3. The molecule has 0 aromatic carbocycles. The minimum Gasteiger partial charge on any atom is -0.393 e. The van der Waals surface area contributed by atoms with Gasteiger partial charge in [-0.25, -0.2) is 0 Å². The van der Waals surface area contributed by atoms with Crippen molar-refractivity contribution in [3.05, 3.63) is 12.2 Å². The molecule has 0 amide bonds. The van der Waals surface area contributed by atoms with Crippen LogP contribution >= 0.6 is 0 Å². The van der Waals surface area contributed by atoms with Crippen molar-refractivity contribution in [2.75, 3.05) is 0 Å². The minimum atomic E-state index is -0.129. The highest BCUT2D eigenvalue weighted by molar-refractivity contribution is 4.96. The van der Waals surface area contributed by atoms with Crippen LogP contribution in [0.2, 0.25) is 0 Å². The molecule has 1 saturated carbocycles. The van der Waals surface area contributed by atoms with E-state index in [9.17, 15) is 5.11 Å². The molecule has 0 aliphatic heterocycles. The Labute approximate surface area is 94.6 Å². The van der Waals surface area contributed by atoms with Crippen LogP contribution in [-0.4, -0.2) is 11.2 Å². The van der Waals surface area contributed by atoms with E-state index in [4.69, 9.17) is 0 Å². The van der Waals surface area contributed by atoms with Crippen LogP contribution < -0.4 is 0 Å². The molecule has 0 spiro atoms. The molecule has 1 fully saturated rings. The summed E-state index contributed by atoms with van der Waals surface area (Å²) in [6.45, 7) is 8.37. The van der Waals surface area contributed by atoms with Crippen molar-refractivity contribution in [3.8, 4) is 0 Å². The molecule has 0 aromatic rings. The Morgan fingerprint density at radius 2 is 1.87 bits per heavy atom. The quantitative estimate of drug-likeness (QED) is 0.682. The summed E-state index contributed by atoms with van der Waals surface area (Å²) in [5.74, 6) is 1.46. The van der Waals surface area contributed by atoms with Crippen LogP contribution in [-0.2, 0) is 0 Å². The summed E-state index contributed by atoms with van der Waals surface area (Å²) in [7, 11) is 0. The second-order valence-corrected chi connectivity index (χ2v) is 5.06. The highest BCUT2D eigenvalue weighted by Gasteiger charge is 2.25. The maximum atomic E-state index is 10.1. The van der Waals surface area contributed by atoms with Crippen LogP contribution in [0.4, 0.5) is 0 Å². The predicted molar refractivity (Wildman–Crippen MR) is 65.8 cm³/mol. The first-order chi connectivity index (χ1) is 7.17. The van der Waals surface area contributed by atoms with Gasteiger partial charge in [0.15, 0.2) is 0 Å². The predicted octanol–water partition coefficient (Wildman–Crippen LogP) is 3.92. The smallest absolute Gasteiger partial charge is 0.0605 e. The Kier molecular flexibility index (Phi) is 5.38. The molecule has 1 nitrogen and oxygen atoms in total. The first kappa shape index (κ1) is 12.8. The largest absolute Gasteiger partial charge is 0.393 e. The zero-order valence-corrected chi connectivity index (χ0v) is 10.3. The van der Waals surface area contributed by atoms with E-state index in [0.29, 0.717) is 5.92 Å². The lowest BCUT2D eigenvalue weighted by molar-refractivity contribution is 0.0731. The summed E-state index contributed by atoms with van der Waals surface area (Å²) < 4.78 is 0. The van der Waals surface area contributed by atoms with Crippen molar-refractivity contribution in [1.29, 1.82) is 0 Å². The zero-order valence-electron chi connectivity index (χ0n) is 10.3.